The molecule has 7 nitrogen and oxygen atoms in total. The summed E-state index contributed by atoms with van der Waals surface area (Å²) in [7, 11) is 0. The minimum absolute atomic E-state index is 0.0260. The van der Waals surface area contributed by atoms with Gasteiger partial charge < -0.3 is 10.1 Å². The van der Waals surface area contributed by atoms with E-state index in [1.54, 1.807) is 6.20 Å². The minimum Gasteiger partial charge on any atom is -0.473 e. The Bertz CT molecular complexity index is 1230. The minimum atomic E-state index is -0.444. The lowest BCUT2D eigenvalue weighted by Gasteiger charge is -2.24. The zero-order valence-corrected chi connectivity index (χ0v) is 20.7. The number of halogens is 1. The maximum Gasteiger partial charge on any atom is 0.233 e. The monoisotopic (exact) mass is 496 g/mol. The van der Waals surface area contributed by atoms with Crippen LogP contribution in [-0.4, -0.2) is 45.9 Å². The molecule has 2 fully saturated rings. The van der Waals surface area contributed by atoms with Crippen LogP contribution < -0.4 is 10.1 Å². The number of carbonyl (C=O) groups excluding carboxylic acids is 2. The fourth-order valence-electron chi connectivity index (χ4n) is 5.15. The number of likely N-dealkylation sites (tertiary alicyclic amines) is 1. The molecule has 0 radical (unpaired) electrons. The molecule has 184 valence electrons. The highest BCUT2D eigenvalue weighted by molar-refractivity contribution is 7.19. The molecular weight excluding hydrogens is 467 g/mol. The summed E-state index contributed by atoms with van der Waals surface area (Å²) in [6.07, 6.45) is 6.06. The molecule has 35 heavy (non-hydrogen) atoms. The van der Waals surface area contributed by atoms with E-state index in [1.165, 1.54) is 28.5 Å². The first-order chi connectivity index (χ1) is 17.0. The van der Waals surface area contributed by atoms with Gasteiger partial charge in [0, 0.05) is 40.6 Å². The second-order valence-corrected chi connectivity index (χ2v) is 10.3. The van der Waals surface area contributed by atoms with Crippen molar-refractivity contribution in [3.05, 3.63) is 41.3 Å². The van der Waals surface area contributed by atoms with E-state index < -0.39 is 5.82 Å². The summed E-state index contributed by atoms with van der Waals surface area (Å²) < 4.78 is 21.3. The Morgan fingerprint density at radius 3 is 2.60 bits per heavy atom. The average molecular weight is 497 g/mol. The number of carbonyl (C=O) groups is 2. The number of piperidine rings is 1. The zero-order chi connectivity index (χ0) is 24.5. The quantitative estimate of drug-likeness (QED) is 0.483. The van der Waals surface area contributed by atoms with Gasteiger partial charge in [0.05, 0.1) is 23.0 Å². The van der Waals surface area contributed by atoms with Gasteiger partial charge in [-0.05, 0) is 50.4 Å². The van der Waals surface area contributed by atoms with Crippen molar-refractivity contribution in [1.82, 2.24) is 20.2 Å². The summed E-state index contributed by atoms with van der Waals surface area (Å²) in [4.78, 5) is 36.8. The molecule has 2 unspecified atom stereocenters. The number of hydrogen-bond donors (Lipinski definition) is 1. The number of pyridine rings is 2. The predicted molar refractivity (Wildman–Crippen MR) is 132 cm³/mol. The second kappa shape index (κ2) is 9.99. The standard InChI is InChI=1S/C26H29FN4O3S/c1-3-18-19(4-2)26(33)31(25(18)32)14-17-11-22-23(35-17)20(7-9-29-22)21-10-15(27)12-30-24(21)34-16-6-5-8-28-13-16/h7,9-12,16,18-19,28H,3-6,8,13-14H2,1-2H3/t16-,18?,19?/m0/s1. The first kappa shape index (κ1) is 23.8. The molecule has 2 amide bonds. The van der Waals surface area contributed by atoms with Gasteiger partial charge in [0.15, 0.2) is 0 Å². The molecule has 9 heteroatoms. The molecule has 5 rings (SSSR count). The van der Waals surface area contributed by atoms with Gasteiger partial charge in [-0.3, -0.25) is 19.5 Å². The molecule has 0 aliphatic carbocycles. The number of nitrogens with zero attached hydrogens (tertiary/aromatic N) is 3. The molecular formula is C26H29FN4O3S. The lowest BCUT2D eigenvalue weighted by Crippen LogP contribution is -2.37. The number of hydrogen-bond acceptors (Lipinski definition) is 7. The molecule has 3 atom stereocenters. The van der Waals surface area contributed by atoms with Gasteiger partial charge in [-0.25, -0.2) is 9.37 Å². The summed E-state index contributed by atoms with van der Waals surface area (Å²) in [5.74, 6) is -0.739. The van der Waals surface area contributed by atoms with Gasteiger partial charge in [0.1, 0.15) is 11.9 Å². The first-order valence-electron chi connectivity index (χ1n) is 12.3. The van der Waals surface area contributed by atoms with Crippen molar-refractivity contribution in [2.24, 2.45) is 11.8 Å². The van der Waals surface area contributed by atoms with Crippen molar-refractivity contribution in [2.75, 3.05) is 13.1 Å². The van der Waals surface area contributed by atoms with Crippen molar-refractivity contribution in [3.8, 4) is 17.0 Å². The molecule has 3 aromatic rings. The topological polar surface area (TPSA) is 84.4 Å². The third-order valence-corrected chi connectivity index (χ3v) is 8.09. The van der Waals surface area contributed by atoms with Crippen LogP contribution in [-0.2, 0) is 16.1 Å². The van der Waals surface area contributed by atoms with Crippen molar-refractivity contribution < 1.29 is 18.7 Å². The predicted octanol–water partition coefficient (Wildman–Crippen LogP) is 4.55. The zero-order valence-electron chi connectivity index (χ0n) is 19.9. The average Bonchev–Trinajstić information content (AvgIpc) is 3.39. The Kier molecular flexibility index (Phi) is 6.80. The number of imide groups is 1. The molecule has 1 N–H and O–H groups in total. The SMILES string of the molecule is CCC1C(=O)N(Cc2cc3nccc(-c4cc(F)cnc4O[C@H]4CCCNC4)c3s2)C(=O)C1CC. The third-order valence-electron chi connectivity index (χ3n) is 6.95. The maximum atomic E-state index is 14.3. The van der Waals surface area contributed by atoms with Crippen LogP contribution in [0.1, 0.15) is 44.4 Å². The smallest absolute Gasteiger partial charge is 0.233 e. The van der Waals surface area contributed by atoms with Crippen LogP contribution in [0.3, 0.4) is 0 Å². The fraction of sp³-hybridized carbons (Fsp3) is 0.462. The van der Waals surface area contributed by atoms with Crippen molar-refractivity contribution in [2.45, 2.75) is 52.2 Å². The Labute approximate surface area is 207 Å². The highest BCUT2D eigenvalue weighted by Gasteiger charge is 2.45. The van der Waals surface area contributed by atoms with Crippen LogP contribution in [0.4, 0.5) is 4.39 Å². The van der Waals surface area contributed by atoms with Crippen LogP contribution in [0.5, 0.6) is 5.88 Å². The van der Waals surface area contributed by atoms with Crippen LogP contribution >= 0.6 is 11.3 Å². The van der Waals surface area contributed by atoms with E-state index >= 15 is 0 Å². The molecule has 2 saturated heterocycles. The molecule has 5 heterocycles. The Morgan fingerprint density at radius 2 is 1.91 bits per heavy atom. The number of aromatic nitrogens is 2. The van der Waals surface area contributed by atoms with Crippen LogP contribution in [0.25, 0.3) is 21.3 Å². The molecule has 0 bridgehead atoms. The number of ether oxygens (including phenoxy) is 1. The van der Waals surface area contributed by atoms with E-state index in [1.807, 2.05) is 26.0 Å². The maximum absolute atomic E-state index is 14.3. The number of rotatable bonds is 7. The van der Waals surface area contributed by atoms with E-state index in [4.69, 9.17) is 4.74 Å². The van der Waals surface area contributed by atoms with Gasteiger partial charge >= 0.3 is 0 Å². The normalized spacial score (nSPS) is 22.8. The van der Waals surface area contributed by atoms with Gasteiger partial charge in [-0.2, -0.15) is 0 Å². The molecule has 0 saturated carbocycles. The third kappa shape index (κ3) is 4.54. The lowest BCUT2D eigenvalue weighted by atomic mass is 9.91. The van der Waals surface area contributed by atoms with E-state index in [0.717, 1.165) is 46.6 Å². The highest BCUT2D eigenvalue weighted by atomic mass is 32.1. The summed E-state index contributed by atoms with van der Waals surface area (Å²) in [6.45, 7) is 5.82. The molecule has 0 aromatic carbocycles. The number of thiophene rings is 1. The number of nitrogens with one attached hydrogen (secondary N) is 1. The lowest BCUT2D eigenvalue weighted by molar-refractivity contribution is -0.140. The largest absolute Gasteiger partial charge is 0.473 e. The van der Waals surface area contributed by atoms with E-state index in [-0.39, 0.29) is 36.3 Å². The summed E-state index contributed by atoms with van der Waals surface area (Å²) in [6, 6.07) is 5.18. The Morgan fingerprint density at radius 1 is 1.14 bits per heavy atom. The molecule has 2 aliphatic rings. The van der Waals surface area contributed by atoms with Gasteiger partial charge in [-0.15, -0.1) is 11.3 Å². The fourth-order valence-corrected chi connectivity index (χ4v) is 6.28. The summed E-state index contributed by atoms with van der Waals surface area (Å²) in [5, 5.41) is 3.32. The summed E-state index contributed by atoms with van der Waals surface area (Å²) >= 11 is 1.46. The van der Waals surface area contributed by atoms with Gasteiger partial charge in [-0.1, -0.05) is 13.8 Å². The van der Waals surface area contributed by atoms with E-state index in [9.17, 15) is 14.0 Å². The van der Waals surface area contributed by atoms with E-state index in [0.29, 0.717) is 24.3 Å². The Hall–Kier alpha value is -2.91. The second-order valence-electron chi connectivity index (χ2n) is 9.17. The highest BCUT2D eigenvalue weighted by Crippen LogP contribution is 2.39. The summed E-state index contributed by atoms with van der Waals surface area (Å²) in [5.41, 5.74) is 2.07. The van der Waals surface area contributed by atoms with E-state index in [2.05, 4.69) is 15.3 Å². The molecule has 2 aliphatic heterocycles. The Balaban J connectivity index is 1.48. The van der Waals surface area contributed by atoms with Crippen molar-refractivity contribution in [1.29, 1.82) is 0 Å². The number of fused-ring (bicyclic) bond motifs is 1. The first-order valence-corrected chi connectivity index (χ1v) is 13.1. The van der Waals surface area contributed by atoms with Crippen LogP contribution in [0.2, 0.25) is 0 Å². The number of amides is 2. The van der Waals surface area contributed by atoms with Crippen molar-refractivity contribution >= 4 is 33.4 Å². The van der Waals surface area contributed by atoms with Gasteiger partial charge in [0.2, 0.25) is 17.7 Å². The van der Waals surface area contributed by atoms with Crippen LogP contribution in [0, 0.1) is 17.7 Å². The molecule has 3 aromatic heterocycles. The van der Waals surface area contributed by atoms with Crippen molar-refractivity contribution in [3.63, 3.8) is 0 Å². The van der Waals surface area contributed by atoms with Gasteiger partial charge in [0.25, 0.3) is 0 Å². The van der Waals surface area contributed by atoms with Crippen LogP contribution in [0.15, 0.2) is 30.6 Å². The molecule has 0 spiro atoms.